The highest BCUT2D eigenvalue weighted by Crippen LogP contribution is 2.24. The Morgan fingerprint density at radius 2 is 1.70 bits per heavy atom. The first-order chi connectivity index (χ1) is 10.9. The molecule has 0 bridgehead atoms. The standard InChI is InChI=1S/C15H13N3O4S/c1-10(19)16-11-2-4-12(5-3-11)17-14(20)8-6-13-7-9-15(23-13)18(21)22/h2-9H,1H3,(H,16,19)(H,17,20)/b8-6+. The van der Waals surface area contributed by atoms with E-state index < -0.39 is 4.92 Å². The molecule has 0 spiro atoms. The predicted octanol–water partition coefficient (Wildman–Crippen LogP) is 3.27. The fourth-order valence-electron chi connectivity index (χ4n) is 1.71. The van der Waals surface area contributed by atoms with Gasteiger partial charge in [-0.25, -0.2) is 0 Å². The Kier molecular flexibility index (Phi) is 5.21. The lowest BCUT2D eigenvalue weighted by molar-refractivity contribution is -0.380. The SMILES string of the molecule is CC(=O)Nc1ccc(NC(=O)/C=C/c2ccc([N+](=O)[O-])s2)cc1. The lowest BCUT2D eigenvalue weighted by Gasteiger charge is -2.04. The molecule has 0 atom stereocenters. The summed E-state index contributed by atoms with van der Waals surface area (Å²) in [6.07, 6.45) is 2.82. The lowest BCUT2D eigenvalue weighted by Crippen LogP contribution is -2.08. The molecule has 0 aliphatic carbocycles. The number of carbonyl (C=O) groups is 2. The van der Waals surface area contributed by atoms with Crippen molar-refractivity contribution in [1.29, 1.82) is 0 Å². The number of hydrogen-bond donors (Lipinski definition) is 2. The first kappa shape index (κ1) is 16.4. The van der Waals surface area contributed by atoms with Gasteiger partial charge in [0, 0.05) is 35.3 Å². The Labute approximate surface area is 135 Å². The molecule has 1 heterocycles. The summed E-state index contributed by atoms with van der Waals surface area (Å²) in [5.41, 5.74) is 1.21. The van der Waals surface area contributed by atoms with Gasteiger partial charge in [0.2, 0.25) is 11.8 Å². The van der Waals surface area contributed by atoms with Crippen LogP contribution in [0.15, 0.2) is 42.5 Å². The van der Waals surface area contributed by atoms with E-state index >= 15 is 0 Å². The topological polar surface area (TPSA) is 101 Å². The number of nitro groups is 1. The molecule has 0 saturated heterocycles. The van der Waals surface area contributed by atoms with E-state index in [-0.39, 0.29) is 16.8 Å². The zero-order valence-corrected chi connectivity index (χ0v) is 12.9. The lowest BCUT2D eigenvalue weighted by atomic mass is 10.2. The summed E-state index contributed by atoms with van der Waals surface area (Å²) in [7, 11) is 0. The minimum Gasteiger partial charge on any atom is -0.326 e. The van der Waals surface area contributed by atoms with Crippen LogP contribution >= 0.6 is 11.3 Å². The van der Waals surface area contributed by atoms with Crippen molar-refractivity contribution in [3.63, 3.8) is 0 Å². The highest BCUT2D eigenvalue weighted by Gasteiger charge is 2.08. The van der Waals surface area contributed by atoms with Gasteiger partial charge in [-0.1, -0.05) is 11.3 Å². The van der Waals surface area contributed by atoms with Crippen molar-refractivity contribution in [2.75, 3.05) is 10.6 Å². The Morgan fingerprint density at radius 1 is 1.09 bits per heavy atom. The van der Waals surface area contributed by atoms with Crippen molar-refractivity contribution < 1.29 is 14.5 Å². The van der Waals surface area contributed by atoms with Gasteiger partial charge in [0.05, 0.1) is 4.92 Å². The minimum absolute atomic E-state index is 0.0265. The Hall–Kier alpha value is -3.00. The molecule has 23 heavy (non-hydrogen) atoms. The van der Waals surface area contributed by atoms with E-state index in [1.165, 1.54) is 25.1 Å². The number of thiophene rings is 1. The van der Waals surface area contributed by atoms with Crippen LogP contribution in [0.1, 0.15) is 11.8 Å². The van der Waals surface area contributed by atoms with Crippen LogP contribution < -0.4 is 10.6 Å². The molecule has 118 valence electrons. The third-order valence-electron chi connectivity index (χ3n) is 2.66. The predicted molar refractivity (Wildman–Crippen MR) is 89.4 cm³/mol. The van der Waals surface area contributed by atoms with Crippen molar-refractivity contribution in [3.8, 4) is 0 Å². The summed E-state index contributed by atoms with van der Waals surface area (Å²) in [4.78, 5) is 33.4. The van der Waals surface area contributed by atoms with Crippen LogP contribution in [0.5, 0.6) is 0 Å². The first-order valence-corrected chi connectivity index (χ1v) is 7.36. The van der Waals surface area contributed by atoms with Gasteiger partial charge in [-0.2, -0.15) is 0 Å². The molecule has 0 fully saturated rings. The van der Waals surface area contributed by atoms with Crippen LogP contribution in [0.3, 0.4) is 0 Å². The number of rotatable bonds is 5. The van der Waals surface area contributed by atoms with Gasteiger partial charge < -0.3 is 10.6 Å². The molecule has 0 radical (unpaired) electrons. The third-order valence-corrected chi connectivity index (χ3v) is 3.67. The molecular weight excluding hydrogens is 318 g/mol. The van der Waals surface area contributed by atoms with Crippen molar-refractivity contribution >= 4 is 45.6 Å². The number of carbonyl (C=O) groups excluding carboxylic acids is 2. The second-order valence-corrected chi connectivity index (χ2v) is 5.61. The smallest absolute Gasteiger partial charge is 0.324 e. The zero-order chi connectivity index (χ0) is 16.8. The summed E-state index contributed by atoms with van der Waals surface area (Å²) in [5.74, 6) is -0.525. The molecule has 0 aliphatic rings. The fourth-order valence-corrected chi connectivity index (χ4v) is 2.44. The molecule has 7 nitrogen and oxygen atoms in total. The molecule has 2 aromatic rings. The van der Waals surface area contributed by atoms with Gasteiger partial charge in [-0.3, -0.25) is 19.7 Å². The minimum atomic E-state index is -0.473. The summed E-state index contributed by atoms with van der Waals surface area (Å²) in [6, 6.07) is 9.63. The zero-order valence-electron chi connectivity index (χ0n) is 12.1. The van der Waals surface area contributed by atoms with E-state index in [0.29, 0.717) is 16.3 Å². The Balaban J connectivity index is 1.94. The van der Waals surface area contributed by atoms with Gasteiger partial charge in [-0.05, 0) is 36.4 Å². The monoisotopic (exact) mass is 331 g/mol. The molecule has 8 heteroatoms. The maximum Gasteiger partial charge on any atom is 0.324 e. The molecular formula is C15H13N3O4S. The van der Waals surface area contributed by atoms with Crippen LogP contribution in [0.4, 0.5) is 16.4 Å². The molecule has 2 N–H and O–H groups in total. The first-order valence-electron chi connectivity index (χ1n) is 6.55. The highest BCUT2D eigenvalue weighted by atomic mass is 32.1. The van der Waals surface area contributed by atoms with Gasteiger partial charge in [-0.15, -0.1) is 0 Å². The number of benzene rings is 1. The van der Waals surface area contributed by atoms with Crippen molar-refractivity contribution in [1.82, 2.24) is 0 Å². The molecule has 2 rings (SSSR count). The molecule has 1 aromatic heterocycles. The molecule has 2 amide bonds. The fraction of sp³-hybridized carbons (Fsp3) is 0.0667. The van der Waals surface area contributed by atoms with Crippen LogP contribution in [0, 0.1) is 10.1 Å². The second kappa shape index (κ2) is 7.32. The molecule has 0 unspecified atom stereocenters. The Bertz CT molecular complexity index is 765. The van der Waals surface area contributed by atoms with Crippen molar-refractivity contribution in [2.45, 2.75) is 6.92 Å². The van der Waals surface area contributed by atoms with E-state index in [1.807, 2.05) is 0 Å². The van der Waals surface area contributed by atoms with Crippen LogP contribution in [-0.4, -0.2) is 16.7 Å². The van der Waals surface area contributed by atoms with Gasteiger partial charge in [0.25, 0.3) is 0 Å². The highest BCUT2D eigenvalue weighted by molar-refractivity contribution is 7.16. The summed E-state index contributed by atoms with van der Waals surface area (Å²) in [6.45, 7) is 1.41. The molecule has 0 aliphatic heterocycles. The van der Waals surface area contributed by atoms with Crippen LogP contribution in [0.2, 0.25) is 0 Å². The van der Waals surface area contributed by atoms with Crippen LogP contribution in [0.25, 0.3) is 6.08 Å². The number of nitrogens with zero attached hydrogens (tertiary/aromatic N) is 1. The second-order valence-electron chi connectivity index (χ2n) is 4.51. The number of hydrogen-bond acceptors (Lipinski definition) is 5. The average Bonchev–Trinajstić information content (AvgIpc) is 2.96. The van der Waals surface area contributed by atoms with E-state index in [2.05, 4.69) is 10.6 Å². The summed E-state index contributed by atoms with van der Waals surface area (Å²) < 4.78 is 0. The summed E-state index contributed by atoms with van der Waals surface area (Å²) in [5, 5.41) is 15.9. The number of amides is 2. The molecule has 0 saturated carbocycles. The van der Waals surface area contributed by atoms with E-state index in [0.717, 1.165) is 11.3 Å². The quantitative estimate of drug-likeness (QED) is 0.499. The van der Waals surface area contributed by atoms with Gasteiger partial charge in [0.15, 0.2) is 0 Å². The van der Waals surface area contributed by atoms with E-state index in [4.69, 9.17) is 0 Å². The third kappa shape index (κ3) is 5.04. The Morgan fingerprint density at radius 3 is 2.22 bits per heavy atom. The normalized spacial score (nSPS) is 10.5. The maximum atomic E-state index is 11.8. The average molecular weight is 331 g/mol. The van der Waals surface area contributed by atoms with E-state index in [1.54, 1.807) is 30.3 Å². The largest absolute Gasteiger partial charge is 0.326 e. The maximum absolute atomic E-state index is 11.8. The van der Waals surface area contributed by atoms with Crippen molar-refractivity contribution in [2.24, 2.45) is 0 Å². The van der Waals surface area contributed by atoms with Crippen LogP contribution in [-0.2, 0) is 9.59 Å². The van der Waals surface area contributed by atoms with E-state index in [9.17, 15) is 19.7 Å². The van der Waals surface area contributed by atoms with Gasteiger partial charge in [0.1, 0.15) is 0 Å². The number of anilines is 2. The number of nitrogens with one attached hydrogen (secondary N) is 2. The van der Waals surface area contributed by atoms with Crippen molar-refractivity contribution in [3.05, 3.63) is 57.5 Å². The summed E-state index contributed by atoms with van der Waals surface area (Å²) >= 11 is 0.991. The van der Waals surface area contributed by atoms with Gasteiger partial charge >= 0.3 is 5.00 Å². The molecule has 1 aromatic carbocycles.